The van der Waals surface area contributed by atoms with Gasteiger partial charge in [-0.3, -0.25) is 9.89 Å². The van der Waals surface area contributed by atoms with Crippen molar-refractivity contribution in [1.29, 1.82) is 0 Å². The van der Waals surface area contributed by atoms with Gasteiger partial charge in [-0.25, -0.2) is 13.6 Å². The maximum Gasteiger partial charge on any atom is 0.271 e. The van der Waals surface area contributed by atoms with Gasteiger partial charge in [-0.2, -0.15) is 5.10 Å². The van der Waals surface area contributed by atoms with Gasteiger partial charge in [0, 0.05) is 18.7 Å². The normalized spacial score (nSPS) is 17.7. The van der Waals surface area contributed by atoms with E-state index >= 15 is 0 Å². The van der Waals surface area contributed by atoms with Crippen LogP contribution in [-0.2, 0) is 10.0 Å². The fourth-order valence-electron chi connectivity index (χ4n) is 2.99. The number of nitrogens with zero attached hydrogens (tertiary/aromatic N) is 2. The van der Waals surface area contributed by atoms with Crippen molar-refractivity contribution in [1.82, 2.24) is 15.1 Å². The number of benzene rings is 1. The van der Waals surface area contributed by atoms with Crippen molar-refractivity contribution in [3.05, 3.63) is 36.0 Å². The first-order valence-electron chi connectivity index (χ1n) is 7.85. The fourth-order valence-corrected chi connectivity index (χ4v) is 3.92. The standard InChI is InChI=1S/C16H20N4O4S/c1-24-13-4-2-12(3-5-13)14-8-15(19-18-14)16(21)20-7-6-11(9-20)10-25(17,22)23/h2-5,8,11H,6-7,9-10H2,1H3,(H,18,19)(H2,17,22,23). The number of nitrogens with one attached hydrogen (secondary N) is 1. The zero-order valence-corrected chi connectivity index (χ0v) is 14.6. The number of methoxy groups -OCH3 is 1. The molecule has 0 saturated carbocycles. The summed E-state index contributed by atoms with van der Waals surface area (Å²) in [7, 11) is -1.93. The summed E-state index contributed by atoms with van der Waals surface area (Å²) in [6.07, 6.45) is 0.627. The Kier molecular flexibility index (Phi) is 4.78. The van der Waals surface area contributed by atoms with E-state index in [0.29, 0.717) is 30.9 Å². The summed E-state index contributed by atoms with van der Waals surface area (Å²) in [5.41, 5.74) is 1.90. The lowest BCUT2D eigenvalue weighted by molar-refractivity contribution is 0.0782. The highest BCUT2D eigenvalue weighted by Gasteiger charge is 2.30. The van der Waals surface area contributed by atoms with Crippen molar-refractivity contribution in [2.75, 3.05) is 26.0 Å². The number of primary sulfonamides is 1. The molecule has 0 bridgehead atoms. The number of hydrogen-bond donors (Lipinski definition) is 2. The highest BCUT2D eigenvalue weighted by Crippen LogP contribution is 2.23. The van der Waals surface area contributed by atoms with Gasteiger partial charge < -0.3 is 9.64 Å². The van der Waals surface area contributed by atoms with Gasteiger partial charge in [0.15, 0.2) is 0 Å². The molecule has 1 aromatic heterocycles. The van der Waals surface area contributed by atoms with Crippen molar-refractivity contribution in [2.24, 2.45) is 11.1 Å². The van der Waals surface area contributed by atoms with Crippen molar-refractivity contribution >= 4 is 15.9 Å². The number of aromatic amines is 1. The Hall–Kier alpha value is -2.39. The molecule has 0 spiro atoms. The molecule has 1 aliphatic rings. The van der Waals surface area contributed by atoms with Gasteiger partial charge in [-0.1, -0.05) is 0 Å². The molecular weight excluding hydrogens is 344 g/mol. The molecule has 1 aromatic carbocycles. The zero-order valence-electron chi connectivity index (χ0n) is 13.8. The van der Waals surface area contributed by atoms with Gasteiger partial charge >= 0.3 is 0 Å². The molecule has 1 saturated heterocycles. The van der Waals surface area contributed by atoms with Crippen LogP contribution in [0.4, 0.5) is 0 Å². The quantitative estimate of drug-likeness (QED) is 0.815. The lowest BCUT2D eigenvalue weighted by Gasteiger charge is -2.15. The molecule has 2 aromatic rings. The number of H-pyrrole nitrogens is 1. The van der Waals surface area contributed by atoms with E-state index < -0.39 is 10.0 Å². The molecule has 1 fully saturated rings. The van der Waals surface area contributed by atoms with Gasteiger partial charge in [-0.05, 0) is 42.7 Å². The predicted octanol–water partition coefficient (Wildman–Crippen LogP) is 0.836. The molecule has 9 heteroatoms. The minimum Gasteiger partial charge on any atom is -0.497 e. The fraction of sp³-hybridized carbons (Fsp3) is 0.375. The van der Waals surface area contributed by atoms with E-state index in [4.69, 9.17) is 9.88 Å². The second kappa shape index (κ2) is 6.85. The summed E-state index contributed by atoms with van der Waals surface area (Å²) in [6, 6.07) is 9.06. The van der Waals surface area contributed by atoms with Crippen LogP contribution < -0.4 is 9.88 Å². The van der Waals surface area contributed by atoms with E-state index in [1.54, 1.807) is 18.1 Å². The number of sulfonamides is 1. The SMILES string of the molecule is COc1ccc(-c2cc(C(=O)N3CCC(CS(N)(=O)=O)C3)[nH]n2)cc1. The Labute approximate surface area is 146 Å². The van der Waals surface area contributed by atoms with Gasteiger partial charge in [0.05, 0.1) is 18.6 Å². The number of rotatable bonds is 5. The maximum atomic E-state index is 12.6. The predicted molar refractivity (Wildman–Crippen MR) is 92.6 cm³/mol. The molecule has 134 valence electrons. The molecule has 1 amide bonds. The van der Waals surface area contributed by atoms with Gasteiger partial charge in [-0.15, -0.1) is 0 Å². The number of carbonyl (C=O) groups is 1. The molecule has 0 radical (unpaired) electrons. The van der Waals surface area contributed by atoms with Crippen LogP contribution in [0.5, 0.6) is 5.75 Å². The van der Waals surface area contributed by atoms with Crippen molar-refractivity contribution < 1.29 is 17.9 Å². The van der Waals surface area contributed by atoms with Crippen LogP contribution in [0.25, 0.3) is 11.3 Å². The van der Waals surface area contributed by atoms with Crippen molar-refractivity contribution in [2.45, 2.75) is 6.42 Å². The molecule has 3 rings (SSSR count). The number of amides is 1. The Morgan fingerprint density at radius 1 is 1.40 bits per heavy atom. The first-order valence-corrected chi connectivity index (χ1v) is 9.57. The molecule has 3 N–H and O–H groups in total. The minimum atomic E-state index is -3.53. The molecule has 8 nitrogen and oxygen atoms in total. The summed E-state index contributed by atoms with van der Waals surface area (Å²) in [4.78, 5) is 14.2. The minimum absolute atomic E-state index is 0.100. The highest BCUT2D eigenvalue weighted by atomic mass is 32.2. The lowest BCUT2D eigenvalue weighted by Crippen LogP contribution is -2.31. The molecule has 1 unspecified atom stereocenters. The molecule has 1 aliphatic heterocycles. The van der Waals surface area contributed by atoms with Crippen LogP contribution in [0, 0.1) is 5.92 Å². The highest BCUT2D eigenvalue weighted by molar-refractivity contribution is 7.89. The summed E-state index contributed by atoms with van der Waals surface area (Å²) < 4.78 is 27.5. The molecule has 0 aliphatic carbocycles. The number of carbonyl (C=O) groups excluding carboxylic acids is 1. The number of likely N-dealkylation sites (tertiary alicyclic amines) is 1. The number of ether oxygens (including phenoxy) is 1. The van der Waals surface area contributed by atoms with Gasteiger partial charge in [0.2, 0.25) is 10.0 Å². The Bertz CT molecular complexity index is 861. The molecule has 25 heavy (non-hydrogen) atoms. The van der Waals surface area contributed by atoms with Crippen LogP contribution in [0.1, 0.15) is 16.9 Å². The van der Waals surface area contributed by atoms with E-state index in [1.807, 2.05) is 24.3 Å². The molecule has 2 heterocycles. The smallest absolute Gasteiger partial charge is 0.271 e. The molecular formula is C16H20N4O4S. The summed E-state index contributed by atoms with van der Waals surface area (Å²) in [6.45, 7) is 0.891. The van der Waals surface area contributed by atoms with Gasteiger partial charge in [0.25, 0.3) is 5.91 Å². The van der Waals surface area contributed by atoms with Crippen LogP contribution >= 0.6 is 0 Å². The van der Waals surface area contributed by atoms with E-state index in [9.17, 15) is 13.2 Å². The lowest BCUT2D eigenvalue weighted by atomic mass is 10.1. The summed E-state index contributed by atoms with van der Waals surface area (Å²) in [5.74, 6) is 0.331. The van der Waals surface area contributed by atoms with Crippen LogP contribution in [0.3, 0.4) is 0 Å². The van der Waals surface area contributed by atoms with E-state index in [0.717, 1.165) is 11.3 Å². The van der Waals surface area contributed by atoms with Crippen LogP contribution in [-0.4, -0.2) is 55.4 Å². The number of nitrogens with two attached hydrogens (primary N) is 1. The van der Waals surface area contributed by atoms with Crippen LogP contribution in [0.2, 0.25) is 0 Å². The van der Waals surface area contributed by atoms with Crippen molar-refractivity contribution in [3.63, 3.8) is 0 Å². The summed E-state index contributed by atoms with van der Waals surface area (Å²) in [5, 5.41) is 12.0. The molecule has 1 atom stereocenters. The zero-order chi connectivity index (χ0) is 18.0. The first-order chi connectivity index (χ1) is 11.9. The van der Waals surface area contributed by atoms with Gasteiger partial charge in [0.1, 0.15) is 11.4 Å². The third-order valence-electron chi connectivity index (χ3n) is 4.24. The Morgan fingerprint density at radius 3 is 2.76 bits per heavy atom. The monoisotopic (exact) mass is 364 g/mol. The number of aromatic nitrogens is 2. The average Bonchev–Trinajstić information content (AvgIpc) is 3.22. The number of hydrogen-bond acceptors (Lipinski definition) is 5. The average molecular weight is 364 g/mol. The Morgan fingerprint density at radius 2 is 2.12 bits per heavy atom. The third kappa shape index (κ3) is 4.18. The Balaban J connectivity index is 1.68. The second-order valence-corrected chi connectivity index (χ2v) is 7.79. The second-order valence-electron chi connectivity index (χ2n) is 6.13. The van der Waals surface area contributed by atoms with Crippen molar-refractivity contribution in [3.8, 4) is 17.0 Å². The van der Waals surface area contributed by atoms with E-state index in [-0.39, 0.29) is 17.6 Å². The van der Waals surface area contributed by atoms with E-state index in [1.165, 1.54) is 0 Å². The van der Waals surface area contributed by atoms with E-state index in [2.05, 4.69) is 10.2 Å². The summed E-state index contributed by atoms with van der Waals surface area (Å²) >= 11 is 0. The largest absolute Gasteiger partial charge is 0.497 e. The maximum absolute atomic E-state index is 12.6. The van der Waals surface area contributed by atoms with Crippen LogP contribution in [0.15, 0.2) is 30.3 Å². The third-order valence-corrected chi connectivity index (χ3v) is 5.17. The first kappa shape index (κ1) is 17.4. The topological polar surface area (TPSA) is 118 Å².